The standard InChI is InChI=1S/C14H21NO/c1-10-6-7-14(16,11(2)8-10)13-5-4-12(3)15-9-13/h4-5,9-11,16H,6-8H2,1-3H3. The number of rotatable bonds is 1. The van der Waals surface area contributed by atoms with Crippen molar-refractivity contribution < 1.29 is 5.11 Å². The molecule has 0 aliphatic heterocycles. The van der Waals surface area contributed by atoms with Crippen molar-refractivity contribution in [2.45, 2.75) is 45.6 Å². The summed E-state index contributed by atoms with van der Waals surface area (Å²) >= 11 is 0. The Hall–Kier alpha value is -0.890. The minimum absolute atomic E-state index is 0.320. The first-order valence-electron chi connectivity index (χ1n) is 6.18. The summed E-state index contributed by atoms with van der Waals surface area (Å²) in [6.45, 7) is 6.39. The van der Waals surface area contributed by atoms with Gasteiger partial charge in [0.25, 0.3) is 0 Å². The molecule has 1 aromatic heterocycles. The molecular formula is C14H21NO. The van der Waals surface area contributed by atoms with Crippen LogP contribution in [0, 0.1) is 18.8 Å². The van der Waals surface area contributed by atoms with E-state index in [1.165, 1.54) is 0 Å². The highest BCUT2D eigenvalue weighted by molar-refractivity contribution is 5.22. The molecule has 3 atom stereocenters. The lowest BCUT2D eigenvalue weighted by Gasteiger charge is -2.40. The number of pyridine rings is 1. The second-order valence-corrected chi connectivity index (χ2v) is 5.39. The topological polar surface area (TPSA) is 33.1 Å². The quantitative estimate of drug-likeness (QED) is 0.787. The van der Waals surface area contributed by atoms with E-state index in [4.69, 9.17) is 0 Å². The summed E-state index contributed by atoms with van der Waals surface area (Å²) in [5, 5.41) is 10.8. The smallest absolute Gasteiger partial charge is 0.0936 e. The van der Waals surface area contributed by atoms with Gasteiger partial charge in [0.15, 0.2) is 0 Å². The summed E-state index contributed by atoms with van der Waals surface area (Å²) in [7, 11) is 0. The van der Waals surface area contributed by atoms with Gasteiger partial charge in [0, 0.05) is 17.5 Å². The highest BCUT2D eigenvalue weighted by atomic mass is 16.3. The molecule has 16 heavy (non-hydrogen) atoms. The second kappa shape index (κ2) is 4.17. The van der Waals surface area contributed by atoms with E-state index in [1.54, 1.807) is 0 Å². The van der Waals surface area contributed by atoms with Crippen molar-refractivity contribution in [1.82, 2.24) is 4.98 Å². The predicted molar refractivity (Wildman–Crippen MR) is 65.0 cm³/mol. The van der Waals surface area contributed by atoms with E-state index in [0.717, 1.165) is 36.4 Å². The van der Waals surface area contributed by atoms with Crippen LogP contribution in [0.25, 0.3) is 0 Å². The lowest BCUT2D eigenvalue weighted by atomic mass is 9.69. The minimum Gasteiger partial charge on any atom is -0.385 e. The Morgan fingerprint density at radius 2 is 2.12 bits per heavy atom. The predicted octanol–water partition coefficient (Wildman–Crippen LogP) is 3.03. The van der Waals surface area contributed by atoms with Gasteiger partial charge in [-0.25, -0.2) is 0 Å². The Labute approximate surface area is 97.7 Å². The van der Waals surface area contributed by atoms with E-state index >= 15 is 0 Å². The molecule has 1 N–H and O–H groups in total. The van der Waals surface area contributed by atoms with Gasteiger partial charge in [0.05, 0.1) is 5.60 Å². The molecule has 0 radical (unpaired) electrons. The highest BCUT2D eigenvalue weighted by Gasteiger charge is 2.39. The van der Waals surface area contributed by atoms with Crippen molar-refractivity contribution in [3.05, 3.63) is 29.6 Å². The monoisotopic (exact) mass is 219 g/mol. The van der Waals surface area contributed by atoms with E-state index in [1.807, 2.05) is 25.3 Å². The molecule has 1 fully saturated rings. The van der Waals surface area contributed by atoms with Gasteiger partial charge >= 0.3 is 0 Å². The summed E-state index contributed by atoms with van der Waals surface area (Å²) < 4.78 is 0. The van der Waals surface area contributed by atoms with Crippen molar-refractivity contribution >= 4 is 0 Å². The van der Waals surface area contributed by atoms with Gasteiger partial charge < -0.3 is 5.11 Å². The van der Waals surface area contributed by atoms with Crippen molar-refractivity contribution in [3.63, 3.8) is 0 Å². The molecular weight excluding hydrogens is 198 g/mol. The molecule has 2 heteroatoms. The zero-order chi connectivity index (χ0) is 11.8. The molecule has 0 spiro atoms. The molecule has 0 amide bonds. The van der Waals surface area contributed by atoms with Gasteiger partial charge in [0.2, 0.25) is 0 Å². The molecule has 1 aliphatic rings. The first kappa shape index (κ1) is 11.6. The lowest BCUT2D eigenvalue weighted by molar-refractivity contribution is -0.0590. The first-order valence-corrected chi connectivity index (χ1v) is 6.18. The Balaban J connectivity index is 2.27. The maximum Gasteiger partial charge on any atom is 0.0936 e. The van der Waals surface area contributed by atoms with Crippen LogP contribution >= 0.6 is 0 Å². The fourth-order valence-electron chi connectivity index (χ4n) is 2.78. The van der Waals surface area contributed by atoms with Crippen molar-refractivity contribution in [2.75, 3.05) is 0 Å². The van der Waals surface area contributed by atoms with Crippen molar-refractivity contribution in [1.29, 1.82) is 0 Å². The normalized spacial score (nSPS) is 35.0. The molecule has 0 bridgehead atoms. The number of aromatic nitrogens is 1. The van der Waals surface area contributed by atoms with Crippen LogP contribution in [0.3, 0.4) is 0 Å². The van der Waals surface area contributed by atoms with Crippen LogP contribution in [0.1, 0.15) is 44.4 Å². The van der Waals surface area contributed by atoms with Gasteiger partial charge in [-0.1, -0.05) is 19.9 Å². The van der Waals surface area contributed by atoms with Crippen LogP contribution in [0.2, 0.25) is 0 Å². The molecule has 1 aromatic rings. The van der Waals surface area contributed by atoms with Crippen LogP contribution in [-0.4, -0.2) is 10.1 Å². The fraction of sp³-hybridized carbons (Fsp3) is 0.643. The third-order valence-electron chi connectivity index (χ3n) is 4.00. The van der Waals surface area contributed by atoms with Crippen LogP contribution < -0.4 is 0 Å². The van der Waals surface area contributed by atoms with Gasteiger partial charge in [-0.15, -0.1) is 0 Å². The minimum atomic E-state index is -0.660. The summed E-state index contributed by atoms with van der Waals surface area (Å²) in [6, 6.07) is 4.01. The molecule has 88 valence electrons. The molecule has 1 aliphatic carbocycles. The molecule has 1 saturated carbocycles. The number of hydrogen-bond donors (Lipinski definition) is 1. The molecule has 3 unspecified atom stereocenters. The van der Waals surface area contributed by atoms with E-state index in [0.29, 0.717) is 5.92 Å². The molecule has 1 heterocycles. The van der Waals surface area contributed by atoms with E-state index < -0.39 is 5.60 Å². The SMILES string of the molecule is Cc1ccc(C2(O)CCC(C)CC2C)cn1. The van der Waals surface area contributed by atoms with E-state index in [2.05, 4.69) is 18.8 Å². The number of nitrogens with zero attached hydrogens (tertiary/aromatic N) is 1. The third-order valence-corrected chi connectivity index (χ3v) is 4.00. The van der Waals surface area contributed by atoms with Crippen LogP contribution in [-0.2, 0) is 5.60 Å². The Bertz CT molecular complexity index is 360. The summed E-state index contributed by atoms with van der Waals surface area (Å²) in [6.07, 6.45) is 4.90. The van der Waals surface area contributed by atoms with E-state index in [9.17, 15) is 5.11 Å². The molecule has 0 aromatic carbocycles. The van der Waals surface area contributed by atoms with Gasteiger partial charge in [-0.2, -0.15) is 0 Å². The first-order chi connectivity index (χ1) is 7.52. The van der Waals surface area contributed by atoms with Crippen LogP contribution in [0.15, 0.2) is 18.3 Å². The molecule has 2 nitrogen and oxygen atoms in total. The summed E-state index contributed by atoms with van der Waals surface area (Å²) in [5.74, 6) is 1.05. The van der Waals surface area contributed by atoms with Crippen LogP contribution in [0.4, 0.5) is 0 Å². The number of aliphatic hydroxyl groups is 1. The zero-order valence-electron chi connectivity index (χ0n) is 10.4. The van der Waals surface area contributed by atoms with Gasteiger partial charge in [0.1, 0.15) is 0 Å². The highest BCUT2D eigenvalue weighted by Crippen LogP contribution is 2.43. The van der Waals surface area contributed by atoms with Crippen molar-refractivity contribution in [3.8, 4) is 0 Å². The zero-order valence-corrected chi connectivity index (χ0v) is 10.4. The average molecular weight is 219 g/mol. The average Bonchev–Trinajstić information content (AvgIpc) is 2.25. The summed E-state index contributed by atoms with van der Waals surface area (Å²) in [4.78, 5) is 4.29. The molecule has 0 saturated heterocycles. The second-order valence-electron chi connectivity index (χ2n) is 5.39. The van der Waals surface area contributed by atoms with Crippen LogP contribution in [0.5, 0.6) is 0 Å². The lowest BCUT2D eigenvalue weighted by Crippen LogP contribution is -2.38. The fourth-order valence-corrected chi connectivity index (χ4v) is 2.78. The van der Waals surface area contributed by atoms with Crippen molar-refractivity contribution in [2.24, 2.45) is 11.8 Å². The Kier molecular flexibility index (Phi) is 3.02. The number of aryl methyl sites for hydroxylation is 1. The number of hydrogen-bond acceptors (Lipinski definition) is 2. The maximum absolute atomic E-state index is 10.8. The molecule has 2 rings (SSSR count). The largest absolute Gasteiger partial charge is 0.385 e. The van der Waals surface area contributed by atoms with Gasteiger partial charge in [-0.05, 0) is 44.1 Å². The maximum atomic E-state index is 10.8. The van der Waals surface area contributed by atoms with Gasteiger partial charge in [-0.3, -0.25) is 4.98 Å². The Morgan fingerprint density at radius 1 is 1.38 bits per heavy atom. The summed E-state index contributed by atoms with van der Waals surface area (Å²) in [5.41, 5.74) is 1.33. The van der Waals surface area contributed by atoms with E-state index in [-0.39, 0.29) is 0 Å². The Morgan fingerprint density at radius 3 is 2.69 bits per heavy atom. The third kappa shape index (κ3) is 1.99.